The molecule has 0 amide bonds. The zero-order valence-corrected chi connectivity index (χ0v) is 23.9. The molecule has 1 aliphatic heterocycles. The molecule has 2 aliphatic rings. The Hall–Kier alpha value is -4.45. The maximum absolute atomic E-state index is 13.1. The van der Waals surface area contributed by atoms with Gasteiger partial charge in [0, 0.05) is 35.6 Å². The summed E-state index contributed by atoms with van der Waals surface area (Å²) in [5.41, 5.74) is 3.18. The third-order valence-electron chi connectivity index (χ3n) is 7.24. The number of benzene rings is 2. The van der Waals surface area contributed by atoms with Gasteiger partial charge in [0.25, 0.3) is 0 Å². The third-order valence-corrected chi connectivity index (χ3v) is 7.56. The summed E-state index contributed by atoms with van der Waals surface area (Å²) in [6.07, 6.45) is 1.76. The maximum Gasteiger partial charge on any atom is 0.387 e. The molecular weight excluding hydrogens is 586 g/mol. The number of aromatic nitrogens is 3. The molecule has 1 saturated carbocycles. The van der Waals surface area contributed by atoms with Crippen molar-refractivity contribution in [1.82, 2.24) is 14.9 Å². The van der Waals surface area contributed by atoms with Gasteiger partial charge in [-0.05, 0) is 51.0 Å². The first-order valence-corrected chi connectivity index (χ1v) is 14.1. The molecule has 1 atom stereocenters. The summed E-state index contributed by atoms with van der Waals surface area (Å²) in [6.45, 7) is 0.887. The van der Waals surface area contributed by atoms with Crippen molar-refractivity contribution in [2.75, 3.05) is 0 Å². The Bertz CT molecular complexity index is 1700. The molecule has 0 spiro atoms. The van der Waals surface area contributed by atoms with Crippen molar-refractivity contribution < 1.29 is 37.5 Å². The molecule has 1 fully saturated rings. The van der Waals surface area contributed by atoms with Crippen LogP contribution in [-0.4, -0.2) is 38.3 Å². The van der Waals surface area contributed by atoms with E-state index in [0.717, 1.165) is 12.8 Å². The van der Waals surface area contributed by atoms with Crippen LogP contribution < -0.4 is 9.47 Å². The lowest BCUT2D eigenvalue weighted by Gasteiger charge is -2.14. The Morgan fingerprint density at radius 2 is 1.98 bits per heavy atom. The van der Waals surface area contributed by atoms with Crippen LogP contribution in [0.4, 0.5) is 8.78 Å². The molecule has 43 heavy (non-hydrogen) atoms. The van der Waals surface area contributed by atoms with Gasteiger partial charge in [0.2, 0.25) is 0 Å². The minimum absolute atomic E-state index is 0.00410. The van der Waals surface area contributed by atoms with Gasteiger partial charge in [-0.2, -0.15) is 13.9 Å². The first-order chi connectivity index (χ1) is 20.7. The van der Waals surface area contributed by atoms with Crippen molar-refractivity contribution in [2.24, 2.45) is 5.16 Å². The van der Waals surface area contributed by atoms with Crippen LogP contribution >= 0.6 is 11.6 Å². The van der Waals surface area contributed by atoms with E-state index < -0.39 is 18.7 Å². The maximum atomic E-state index is 13.1. The summed E-state index contributed by atoms with van der Waals surface area (Å²) in [5.74, 6) is 0.212. The van der Waals surface area contributed by atoms with Crippen molar-refractivity contribution in [3.8, 4) is 22.8 Å². The summed E-state index contributed by atoms with van der Waals surface area (Å²) in [7, 11) is 0. The third kappa shape index (κ3) is 5.92. The van der Waals surface area contributed by atoms with Crippen LogP contribution in [0.25, 0.3) is 11.3 Å². The molecule has 0 bridgehead atoms. The zero-order chi connectivity index (χ0) is 30.2. The summed E-state index contributed by atoms with van der Waals surface area (Å²) in [6, 6.07) is 13.0. The molecule has 10 nitrogen and oxygen atoms in total. The molecule has 1 N–H and O–H groups in total. The summed E-state index contributed by atoms with van der Waals surface area (Å²) in [5, 5.41) is 22.4. The Morgan fingerprint density at radius 3 is 2.67 bits per heavy atom. The van der Waals surface area contributed by atoms with E-state index in [1.165, 1.54) is 12.1 Å². The highest BCUT2D eigenvalue weighted by Crippen LogP contribution is 2.45. The van der Waals surface area contributed by atoms with Crippen LogP contribution in [0.15, 0.2) is 58.2 Å². The lowest BCUT2D eigenvalue weighted by Crippen LogP contribution is -2.13. The first kappa shape index (κ1) is 28.7. The van der Waals surface area contributed by atoms with Gasteiger partial charge in [0.15, 0.2) is 11.8 Å². The van der Waals surface area contributed by atoms with Crippen LogP contribution in [0.1, 0.15) is 84.2 Å². The van der Waals surface area contributed by atoms with E-state index >= 15 is 0 Å². The Labute approximate surface area is 249 Å². The predicted octanol–water partition coefficient (Wildman–Crippen LogP) is 7.39. The quantitative estimate of drug-likeness (QED) is 0.186. The van der Waals surface area contributed by atoms with E-state index in [9.17, 15) is 18.7 Å². The number of carbonyl (C=O) groups is 1. The number of nitrogens with zero attached hydrogens (tertiary/aromatic N) is 4. The number of alkyl halides is 2. The standard InChI is InChI=1S/C30H27ClF2N4O6/c1-15(2)37-24(12-23(34-37)29(38)39)22-13-26(42-35-22)18-10-9-17(11-21(18)31)40-14-20-27(36-43-28(20)16-7-8-16)19-5-3-4-6-25(19)41-30(32)33/h3-6,9-12,15-16,26,30H,7-8,13-14H2,1-2H3,(H,38,39). The normalized spacial score (nSPS) is 16.4. The SMILES string of the molecule is CC(C)n1nc(C(=O)O)cc1C1=NOC(c2ccc(OCc3c(-c4ccccc4OC(F)F)noc3C3CC3)cc2Cl)C1. The Balaban J connectivity index is 1.19. The second-order valence-electron chi connectivity index (χ2n) is 10.6. The number of aromatic carboxylic acids is 1. The zero-order valence-electron chi connectivity index (χ0n) is 23.2. The predicted molar refractivity (Wildman–Crippen MR) is 151 cm³/mol. The number of para-hydroxylation sites is 1. The van der Waals surface area contributed by atoms with Gasteiger partial charge >= 0.3 is 12.6 Å². The summed E-state index contributed by atoms with van der Waals surface area (Å²) >= 11 is 6.65. The van der Waals surface area contributed by atoms with Gasteiger partial charge in [-0.1, -0.05) is 40.1 Å². The van der Waals surface area contributed by atoms with Crippen molar-refractivity contribution in [1.29, 1.82) is 0 Å². The monoisotopic (exact) mass is 612 g/mol. The van der Waals surface area contributed by atoms with Gasteiger partial charge in [0.1, 0.15) is 35.3 Å². The molecule has 4 aromatic rings. The van der Waals surface area contributed by atoms with E-state index in [4.69, 9.17) is 30.4 Å². The number of hydrogen-bond donors (Lipinski definition) is 1. The van der Waals surface area contributed by atoms with E-state index in [0.29, 0.717) is 56.7 Å². The van der Waals surface area contributed by atoms with Crippen LogP contribution in [0.5, 0.6) is 11.5 Å². The number of oxime groups is 1. The topological polar surface area (TPSA) is 121 Å². The van der Waals surface area contributed by atoms with Crippen LogP contribution in [-0.2, 0) is 11.4 Å². The van der Waals surface area contributed by atoms with Crippen molar-refractivity contribution >= 4 is 23.3 Å². The van der Waals surface area contributed by atoms with Gasteiger partial charge in [-0.25, -0.2) is 4.79 Å². The number of carboxylic acid groups (broad SMARTS) is 1. The Kier molecular flexibility index (Phi) is 7.78. The molecule has 0 radical (unpaired) electrons. The number of ether oxygens (including phenoxy) is 2. The summed E-state index contributed by atoms with van der Waals surface area (Å²) in [4.78, 5) is 17.2. The molecule has 6 rings (SSSR count). The van der Waals surface area contributed by atoms with Gasteiger partial charge in [0.05, 0.1) is 16.3 Å². The number of hydrogen-bond acceptors (Lipinski definition) is 8. The van der Waals surface area contributed by atoms with E-state index in [1.54, 1.807) is 41.1 Å². The van der Waals surface area contributed by atoms with Gasteiger partial charge in [-0.15, -0.1) is 0 Å². The number of halogens is 3. The molecule has 2 aromatic heterocycles. The largest absolute Gasteiger partial charge is 0.489 e. The lowest BCUT2D eigenvalue weighted by atomic mass is 10.0. The fourth-order valence-corrected chi connectivity index (χ4v) is 5.31. The van der Waals surface area contributed by atoms with Crippen molar-refractivity contribution in [2.45, 2.75) is 64.4 Å². The van der Waals surface area contributed by atoms with Crippen molar-refractivity contribution in [3.05, 3.63) is 81.8 Å². The second-order valence-corrected chi connectivity index (χ2v) is 11.0. The Morgan fingerprint density at radius 1 is 1.19 bits per heavy atom. The average molecular weight is 613 g/mol. The summed E-state index contributed by atoms with van der Waals surface area (Å²) < 4.78 is 44.2. The molecule has 1 unspecified atom stereocenters. The van der Waals surface area contributed by atoms with Gasteiger partial charge in [-0.3, -0.25) is 4.68 Å². The minimum atomic E-state index is -2.98. The van der Waals surface area contributed by atoms with E-state index in [2.05, 4.69) is 15.4 Å². The molecule has 2 aromatic carbocycles. The minimum Gasteiger partial charge on any atom is -0.489 e. The van der Waals surface area contributed by atoms with Gasteiger partial charge < -0.3 is 23.9 Å². The molecule has 3 heterocycles. The molecular formula is C30H27ClF2N4O6. The lowest BCUT2D eigenvalue weighted by molar-refractivity contribution is -0.0494. The molecule has 13 heteroatoms. The highest BCUT2D eigenvalue weighted by atomic mass is 35.5. The highest BCUT2D eigenvalue weighted by molar-refractivity contribution is 6.31. The fraction of sp³-hybridized carbons (Fsp3) is 0.333. The van der Waals surface area contributed by atoms with E-state index in [-0.39, 0.29) is 30.0 Å². The average Bonchev–Trinajstić information content (AvgIpc) is 3.34. The van der Waals surface area contributed by atoms with E-state index in [1.807, 2.05) is 13.8 Å². The first-order valence-electron chi connectivity index (χ1n) is 13.7. The molecule has 0 saturated heterocycles. The van der Waals surface area contributed by atoms with Crippen LogP contribution in [0.2, 0.25) is 5.02 Å². The van der Waals surface area contributed by atoms with Crippen LogP contribution in [0, 0.1) is 0 Å². The number of rotatable bonds is 11. The fourth-order valence-electron chi connectivity index (χ4n) is 5.02. The highest BCUT2D eigenvalue weighted by Gasteiger charge is 2.34. The van der Waals surface area contributed by atoms with Crippen molar-refractivity contribution in [3.63, 3.8) is 0 Å². The molecule has 224 valence electrons. The molecule has 1 aliphatic carbocycles. The smallest absolute Gasteiger partial charge is 0.387 e. The second kappa shape index (κ2) is 11.7. The van der Waals surface area contributed by atoms with Crippen LogP contribution in [0.3, 0.4) is 0 Å². The number of carboxylic acids is 1.